The molecule has 3 aromatic heterocycles. The molecular formula is C18H20N6. The van der Waals surface area contributed by atoms with E-state index in [9.17, 15) is 0 Å². The van der Waals surface area contributed by atoms with Gasteiger partial charge in [0.2, 0.25) is 0 Å². The van der Waals surface area contributed by atoms with E-state index in [0.29, 0.717) is 12.1 Å². The van der Waals surface area contributed by atoms with Gasteiger partial charge in [-0.25, -0.2) is 19.5 Å². The van der Waals surface area contributed by atoms with E-state index in [2.05, 4.69) is 41.7 Å². The largest absolute Gasteiger partial charge is 0.289 e. The average molecular weight is 320 g/mol. The van der Waals surface area contributed by atoms with Gasteiger partial charge in [-0.2, -0.15) is 5.10 Å². The summed E-state index contributed by atoms with van der Waals surface area (Å²) in [7, 11) is 0. The molecule has 2 aliphatic heterocycles. The van der Waals surface area contributed by atoms with Crippen LogP contribution < -0.4 is 0 Å². The van der Waals surface area contributed by atoms with Crippen LogP contribution in [0.25, 0.3) is 5.65 Å². The van der Waals surface area contributed by atoms with Gasteiger partial charge in [0.05, 0.1) is 11.4 Å². The fourth-order valence-corrected chi connectivity index (χ4v) is 4.26. The van der Waals surface area contributed by atoms with Crippen molar-refractivity contribution in [3.05, 3.63) is 53.0 Å². The number of hydrogen-bond donors (Lipinski definition) is 0. The minimum absolute atomic E-state index is 0.432. The van der Waals surface area contributed by atoms with Crippen molar-refractivity contribution >= 4 is 5.65 Å². The quantitative estimate of drug-likeness (QED) is 0.725. The lowest BCUT2D eigenvalue weighted by atomic mass is 9.98. The summed E-state index contributed by atoms with van der Waals surface area (Å²) in [6, 6.07) is 3.05. The SMILES string of the molecule is Cc1cc2ncc3c(n2n1)C[C@@H]1CC[C@H]3N1Cc1cnc(C)nc1. The Hall–Kier alpha value is -2.34. The van der Waals surface area contributed by atoms with Gasteiger partial charge in [-0.05, 0) is 26.7 Å². The summed E-state index contributed by atoms with van der Waals surface area (Å²) < 4.78 is 2.06. The zero-order valence-electron chi connectivity index (χ0n) is 14.0. The topological polar surface area (TPSA) is 59.2 Å². The Kier molecular flexibility index (Phi) is 2.97. The molecule has 0 amide bonds. The van der Waals surface area contributed by atoms with Crippen LogP contribution in [0.2, 0.25) is 0 Å². The van der Waals surface area contributed by atoms with Crippen molar-refractivity contribution in [2.24, 2.45) is 0 Å². The normalized spacial score (nSPS) is 22.9. The van der Waals surface area contributed by atoms with Crippen molar-refractivity contribution in [1.82, 2.24) is 29.5 Å². The molecule has 0 N–H and O–H groups in total. The Morgan fingerprint density at radius 3 is 2.75 bits per heavy atom. The predicted molar refractivity (Wildman–Crippen MR) is 89.5 cm³/mol. The van der Waals surface area contributed by atoms with Gasteiger partial charge in [-0.1, -0.05) is 0 Å². The van der Waals surface area contributed by atoms with E-state index >= 15 is 0 Å². The smallest absolute Gasteiger partial charge is 0.155 e. The summed E-state index contributed by atoms with van der Waals surface area (Å²) >= 11 is 0. The van der Waals surface area contributed by atoms with E-state index in [-0.39, 0.29) is 0 Å². The molecule has 0 aliphatic carbocycles. The molecule has 0 unspecified atom stereocenters. The first kappa shape index (κ1) is 14.0. The van der Waals surface area contributed by atoms with Crippen LogP contribution in [-0.2, 0) is 13.0 Å². The molecule has 5 rings (SSSR count). The number of fused-ring (bicyclic) bond motifs is 6. The predicted octanol–water partition coefficient (Wildman–Crippen LogP) is 2.40. The average Bonchev–Trinajstić information content (AvgIpc) is 3.08. The molecule has 2 atom stereocenters. The summed E-state index contributed by atoms with van der Waals surface area (Å²) in [6.07, 6.45) is 9.44. The van der Waals surface area contributed by atoms with Gasteiger partial charge in [0.1, 0.15) is 5.82 Å². The van der Waals surface area contributed by atoms with Crippen molar-refractivity contribution in [2.75, 3.05) is 0 Å². The minimum atomic E-state index is 0.432. The lowest BCUT2D eigenvalue weighted by Crippen LogP contribution is -2.38. The van der Waals surface area contributed by atoms with Crippen LogP contribution in [0, 0.1) is 13.8 Å². The van der Waals surface area contributed by atoms with Crippen molar-refractivity contribution in [2.45, 2.75) is 51.7 Å². The maximum absolute atomic E-state index is 4.66. The summed E-state index contributed by atoms with van der Waals surface area (Å²) in [5.41, 5.74) is 5.86. The van der Waals surface area contributed by atoms with Gasteiger partial charge >= 0.3 is 0 Å². The highest BCUT2D eigenvalue weighted by Crippen LogP contribution is 2.44. The van der Waals surface area contributed by atoms with Gasteiger partial charge in [-0.15, -0.1) is 0 Å². The number of aromatic nitrogens is 5. The number of hydrogen-bond acceptors (Lipinski definition) is 5. The third kappa shape index (κ3) is 2.06. The molecule has 122 valence electrons. The molecule has 5 heterocycles. The van der Waals surface area contributed by atoms with Crippen LogP contribution in [-0.4, -0.2) is 35.5 Å². The van der Waals surface area contributed by atoms with Crippen LogP contribution in [0.3, 0.4) is 0 Å². The van der Waals surface area contributed by atoms with Gasteiger partial charge in [0.15, 0.2) is 5.65 Å². The first-order valence-corrected chi connectivity index (χ1v) is 8.56. The van der Waals surface area contributed by atoms with E-state index in [0.717, 1.165) is 30.1 Å². The van der Waals surface area contributed by atoms with E-state index < -0.39 is 0 Å². The van der Waals surface area contributed by atoms with Crippen molar-refractivity contribution < 1.29 is 0 Å². The van der Waals surface area contributed by atoms with Crippen LogP contribution in [0.1, 0.15) is 47.2 Å². The van der Waals surface area contributed by atoms with Crippen LogP contribution in [0.5, 0.6) is 0 Å². The lowest BCUT2D eigenvalue weighted by Gasteiger charge is -2.36. The highest BCUT2D eigenvalue weighted by atomic mass is 15.3. The molecule has 0 spiro atoms. The molecule has 6 heteroatoms. The Labute approximate surface area is 140 Å². The van der Waals surface area contributed by atoms with Gasteiger partial charge < -0.3 is 0 Å². The number of rotatable bonds is 2. The molecule has 0 saturated carbocycles. The maximum atomic E-state index is 4.66. The summed E-state index contributed by atoms with van der Waals surface area (Å²) in [5.74, 6) is 0.825. The summed E-state index contributed by atoms with van der Waals surface area (Å²) in [6.45, 7) is 4.86. The van der Waals surface area contributed by atoms with E-state index in [4.69, 9.17) is 0 Å². The standard InChI is InChI=1S/C18H20N6/c1-11-5-18-21-9-15-16-4-3-14(6-17(15)24(18)22-11)23(16)10-13-7-19-12(2)20-8-13/h5,7-9,14,16H,3-4,6,10H2,1-2H3/t14-,16+/m0/s1. The number of aryl methyl sites for hydroxylation is 2. The lowest BCUT2D eigenvalue weighted by molar-refractivity contribution is 0.164. The molecule has 1 fully saturated rings. The number of nitrogens with zero attached hydrogens (tertiary/aromatic N) is 6. The molecule has 3 aromatic rings. The molecule has 0 aromatic carbocycles. The van der Waals surface area contributed by atoms with Gasteiger partial charge in [0.25, 0.3) is 0 Å². The highest BCUT2D eigenvalue weighted by molar-refractivity contribution is 5.44. The molecule has 0 radical (unpaired) electrons. The first-order valence-electron chi connectivity index (χ1n) is 8.56. The molecule has 6 nitrogen and oxygen atoms in total. The Morgan fingerprint density at radius 2 is 1.92 bits per heavy atom. The Bertz CT molecular complexity index is 913. The zero-order chi connectivity index (χ0) is 16.3. The van der Waals surface area contributed by atoms with Crippen molar-refractivity contribution in [1.29, 1.82) is 0 Å². The maximum Gasteiger partial charge on any atom is 0.155 e. The molecule has 2 bridgehead atoms. The van der Waals surface area contributed by atoms with Gasteiger partial charge in [0, 0.05) is 60.8 Å². The Morgan fingerprint density at radius 1 is 1.08 bits per heavy atom. The molecule has 1 saturated heterocycles. The van der Waals surface area contributed by atoms with Crippen molar-refractivity contribution in [3.8, 4) is 0 Å². The second-order valence-electron chi connectivity index (χ2n) is 6.98. The molecule has 24 heavy (non-hydrogen) atoms. The zero-order valence-corrected chi connectivity index (χ0v) is 14.0. The third-order valence-electron chi connectivity index (χ3n) is 5.37. The minimum Gasteiger partial charge on any atom is -0.289 e. The van der Waals surface area contributed by atoms with E-state index in [1.54, 1.807) is 0 Å². The van der Waals surface area contributed by atoms with E-state index in [1.165, 1.54) is 29.7 Å². The fraction of sp³-hybridized carbons (Fsp3) is 0.444. The van der Waals surface area contributed by atoms with Crippen molar-refractivity contribution in [3.63, 3.8) is 0 Å². The second-order valence-corrected chi connectivity index (χ2v) is 6.98. The fourth-order valence-electron chi connectivity index (χ4n) is 4.26. The summed E-state index contributed by atoms with van der Waals surface area (Å²) in [5, 5.41) is 4.66. The molecular weight excluding hydrogens is 300 g/mol. The highest BCUT2D eigenvalue weighted by Gasteiger charge is 2.41. The van der Waals surface area contributed by atoms with Crippen LogP contribution >= 0.6 is 0 Å². The first-order chi connectivity index (χ1) is 11.7. The second kappa shape index (κ2) is 5.08. The third-order valence-corrected chi connectivity index (χ3v) is 5.37. The Balaban J connectivity index is 1.53. The van der Waals surface area contributed by atoms with Gasteiger partial charge in [-0.3, -0.25) is 4.90 Å². The van der Waals surface area contributed by atoms with Crippen LogP contribution in [0.4, 0.5) is 0 Å². The summed E-state index contributed by atoms with van der Waals surface area (Å²) in [4.78, 5) is 15.9. The molecule has 2 aliphatic rings. The monoisotopic (exact) mass is 320 g/mol. The van der Waals surface area contributed by atoms with Crippen LogP contribution in [0.15, 0.2) is 24.7 Å². The van der Waals surface area contributed by atoms with E-state index in [1.807, 2.05) is 26.2 Å².